The van der Waals surface area contributed by atoms with Crippen molar-refractivity contribution in [2.45, 2.75) is 18.7 Å². The number of benzene rings is 1. The molecule has 2 fully saturated rings. The van der Waals surface area contributed by atoms with Crippen LogP contribution in [0.5, 0.6) is 0 Å². The average Bonchev–Trinajstić information content (AvgIpc) is 3.31. The Kier molecular flexibility index (Phi) is 4.31. The first-order chi connectivity index (χ1) is 10.2. The molecule has 0 amide bonds. The van der Waals surface area contributed by atoms with E-state index in [1.54, 1.807) is 6.07 Å². The molecule has 0 unspecified atom stereocenters. The summed E-state index contributed by atoms with van der Waals surface area (Å²) in [4.78, 5) is 15.6. The van der Waals surface area contributed by atoms with Gasteiger partial charge in [-0.1, -0.05) is 6.07 Å². The van der Waals surface area contributed by atoms with Gasteiger partial charge in [-0.15, -0.1) is 11.6 Å². The third-order valence-electron chi connectivity index (χ3n) is 4.32. The molecule has 1 aromatic carbocycles. The number of anilines is 1. The first kappa shape index (κ1) is 14.6. The third kappa shape index (κ3) is 3.47. The molecule has 0 aromatic heterocycles. The molecule has 21 heavy (non-hydrogen) atoms. The van der Waals surface area contributed by atoms with E-state index in [0.29, 0.717) is 5.88 Å². The van der Waals surface area contributed by atoms with Gasteiger partial charge in [0.05, 0.1) is 4.92 Å². The maximum atomic E-state index is 11.3. The Labute approximate surface area is 129 Å². The van der Waals surface area contributed by atoms with E-state index in [4.69, 9.17) is 11.6 Å². The SMILES string of the molecule is O=[N+]([O-])c1cc(CCl)ccc1N1CCN(CC2CC2)CC1. The van der Waals surface area contributed by atoms with Crippen molar-refractivity contribution in [3.8, 4) is 0 Å². The van der Waals surface area contributed by atoms with E-state index in [-0.39, 0.29) is 10.6 Å². The highest BCUT2D eigenvalue weighted by molar-refractivity contribution is 6.17. The van der Waals surface area contributed by atoms with Gasteiger partial charge >= 0.3 is 0 Å². The number of piperazine rings is 1. The standard InChI is InChI=1S/C15H20ClN3O2/c16-10-13-3-4-14(15(9-13)19(20)21)18-7-5-17(6-8-18)11-12-1-2-12/h3-4,9,12H,1-2,5-8,10-11H2. The molecule has 0 bridgehead atoms. The quantitative estimate of drug-likeness (QED) is 0.477. The lowest BCUT2D eigenvalue weighted by molar-refractivity contribution is -0.384. The lowest BCUT2D eigenvalue weighted by Gasteiger charge is -2.35. The van der Waals surface area contributed by atoms with E-state index in [1.165, 1.54) is 19.4 Å². The smallest absolute Gasteiger partial charge is 0.292 e. The fraction of sp³-hybridized carbons (Fsp3) is 0.600. The predicted molar refractivity (Wildman–Crippen MR) is 84.0 cm³/mol. The van der Waals surface area contributed by atoms with Crippen LogP contribution in [-0.4, -0.2) is 42.5 Å². The van der Waals surface area contributed by atoms with Gasteiger partial charge in [-0.05, 0) is 30.4 Å². The molecule has 0 N–H and O–H groups in total. The molecule has 1 saturated heterocycles. The highest BCUT2D eigenvalue weighted by Gasteiger charge is 2.28. The minimum Gasteiger partial charge on any atom is -0.363 e. The van der Waals surface area contributed by atoms with Crippen LogP contribution in [0.1, 0.15) is 18.4 Å². The molecule has 0 spiro atoms. The first-order valence-corrected chi connectivity index (χ1v) is 8.01. The van der Waals surface area contributed by atoms with Crippen LogP contribution in [0.25, 0.3) is 0 Å². The Balaban J connectivity index is 1.70. The van der Waals surface area contributed by atoms with Crippen molar-refractivity contribution in [2.75, 3.05) is 37.6 Å². The number of nitro benzene ring substituents is 1. The first-order valence-electron chi connectivity index (χ1n) is 7.48. The van der Waals surface area contributed by atoms with E-state index in [9.17, 15) is 10.1 Å². The molecular formula is C15H20ClN3O2. The van der Waals surface area contributed by atoms with Crippen molar-refractivity contribution < 1.29 is 4.92 Å². The number of hydrogen-bond acceptors (Lipinski definition) is 4. The van der Waals surface area contributed by atoms with Gasteiger partial charge in [0.25, 0.3) is 5.69 Å². The van der Waals surface area contributed by atoms with Gasteiger partial charge in [0, 0.05) is 44.7 Å². The summed E-state index contributed by atoms with van der Waals surface area (Å²) in [6, 6.07) is 5.32. The maximum absolute atomic E-state index is 11.3. The normalized spacial score (nSPS) is 19.8. The number of alkyl halides is 1. The number of halogens is 1. The lowest BCUT2D eigenvalue weighted by atomic mass is 10.1. The zero-order chi connectivity index (χ0) is 14.8. The van der Waals surface area contributed by atoms with E-state index >= 15 is 0 Å². The molecule has 114 valence electrons. The number of nitrogens with zero attached hydrogens (tertiary/aromatic N) is 3. The lowest BCUT2D eigenvalue weighted by Crippen LogP contribution is -2.47. The maximum Gasteiger partial charge on any atom is 0.292 e. The molecule has 1 aliphatic heterocycles. The van der Waals surface area contributed by atoms with E-state index in [2.05, 4.69) is 9.80 Å². The Hall–Kier alpha value is -1.33. The van der Waals surface area contributed by atoms with E-state index in [0.717, 1.165) is 43.3 Å². The second-order valence-electron chi connectivity index (χ2n) is 5.94. The summed E-state index contributed by atoms with van der Waals surface area (Å²) in [5.74, 6) is 1.20. The molecule has 1 saturated carbocycles. The van der Waals surface area contributed by atoms with Crippen LogP contribution >= 0.6 is 11.6 Å². The topological polar surface area (TPSA) is 49.6 Å². The summed E-state index contributed by atoms with van der Waals surface area (Å²) >= 11 is 5.77. The summed E-state index contributed by atoms with van der Waals surface area (Å²) in [7, 11) is 0. The monoisotopic (exact) mass is 309 g/mol. The van der Waals surface area contributed by atoms with Crippen molar-refractivity contribution in [3.05, 3.63) is 33.9 Å². The molecule has 0 radical (unpaired) electrons. The zero-order valence-corrected chi connectivity index (χ0v) is 12.8. The molecule has 1 aliphatic carbocycles. The second-order valence-corrected chi connectivity index (χ2v) is 6.21. The molecule has 5 nitrogen and oxygen atoms in total. The third-order valence-corrected chi connectivity index (χ3v) is 4.63. The van der Waals surface area contributed by atoms with Crippen molar-refractivity contribution >= 4 is 23.0 Å². The highest BCUT2D eigenvalue weighted by atomic mass is 35.5. The molecule has 1 heterocycles. The Morgan fingerprint density at radius 2 is 1.95 bits per heavy atom. The van der Waals surface area contributed by atoms with Crippen LogP contribution in [0, 0.1) is 16.0 Å². The molecule has 6 heteroatoms. The van der Waals surface area contributed by atoms with Gasteiger partial charge < -0.3 is 4.90 Å². The molecule has 2 aliphatic rings. The minimum atomic E-state index is -0.304. The molecule has 0 atom stereocenters. The van der Waals surface area contributed by atoms with Crippen LogP contribution in [0.3, 0.4) is 0 Å². The van der Waals surface area contributed by atoms with Crippen molar-refractivity contribution in [1.29, 1.82) is 0 Å². The minimum absolute atomic E-state index is 0.170. The molecule has 1 aromatic rings. The Bertz CT molecular complexity index is 526. The molecule has 3 rings (SSSR count). The van der Waals surface area contributed by atoms with Crippen molar-refractivity contribution in [3.63, 3.8) is 0 Å². The number of hydrogen-bond donors (Lipinski definition) is 0. The van der Waals surface area contributed by atoms with Gasteiger partial charge in [-0.25, -0.2) is 0 Å². The average molecular weight is 310 g/mol. The van der Waals surface area contributed by atoms with Crippen LogP contribution < -0.4 is 4.90 Å². The van der Waals surface area contributed by atoms with E-state index < -0.39 is 0 Å². The summed E-state index contributed by atoms with van der Waals surface area (Å²) in [6.45, 7) is 4.89. The van der Waals surface area contributed by atoms with Crippen molar-refractivity contribution in [2.24, 2.45) is 5.92 Å². The van der Waals surface area contributed by atoms with Crippen LogP contribution in [0.4, 0.5) is 11.4 Å². The largest absolute Gasteiger partial charge is 0.363 e. The summed E-state index contributed by atoms with van der Waals surface area (Å²) in [5, 5.41) is 11.3. The fourth-order valence-electron chi connectivity index (χ4n) is 2.90. The highest BCUT2D eigenvalue weighted by Crippen LogP contribution is 2.32. The summed E-state index contributed by atoms with van der Waals surface area (Å²) < 4.78 is 0. The second kappa shape index (κ2) is 6.20. The van der Waals surface area contributed by atoms with Crippen LogP contribution in [0.2, 0.25) is 0 Å². The number of rotatable bonds is 5. The molecular weight excluding hydrogens is 290 g/mol. The van der Waals surface area contributed by atoms with Gasteiger partial charge in [-0.3, -0.25) is 15.0 Å². The van der Waals surface area contributed by atoms with Gasteiger partial charge in [0.1, 0.15) is 5.69 Å². The van der Waals surface area contributed by atoms with Crippen LogP contribution in [0.15, 0.2) is 18.2 Å². The van der Waals surface area contributed by atoms with Gasteiger partial charge in [0.15, 0.2) is 0 Å². The summed E-state index contributed by atoms with van der Waals surface area (Å²) in [6.07, 6.45) is 2.73. The van der Waals surface area contributed by atoms with E-state index in [1.807, 2.05) is 12.1 Å². The Morgan fingerprint density at radius 3 is 2.52 bits per heavy atom. The predicted octanol–water partition coefficient (Wildman–Crippen LogP) is 2.87. The zero-order valence-electron chi connectivity index (χ0n) is 12.0. The van der Waals surface area contributed by atoms with Crippen LogP contribution in [-0.2, 0) is 5.88 Å². The van der Waals surface area contributed by atoms with Gasteiger partial charge in [0.2, 0.25) is 0 Å². The fourth-order valence-corrected chi connectivity index (χ4v) is 3.07. The Morgan fingerprint density at radius 1 is 1.24 bits per heavy atom. The summed E-state index contributed by atoms with van der Waals surface area (Å²) in [5.41, 5.74) is 1.68. The van der Waals surface area contributed by atoms with Gasteiger partial charge in [-0.2, -0.15) is 0 Å². The number of nitro groups is 1. The van der Waals surface area contributed by atoms with Crippen molar-refractivity contribution in [1.82, 2.24) is 4.90 Å².